The number of para-hydroxylation sites is 1. The topological polar surface area (TPSA) is 113 Å². The van der Waals surface area contributed by atoms with Crippen molar-refractivity contribution in [1.29, 1.82) is 0 Å². The second-order valence-electron chi connectivity index (χ2n) is 7.68. The third-order valence-electron chi connectivity index (χ3n) is 5.62. The van der Waals surface area contributed by atoms with Gasteiger partial charge in [-0.1, -0.05) is 42.5 Å². The number of aromatic amines is 1. The Morgan fingerprint density at radius 1 is 1.00 bits per heavy atom. The van der Waals surface area contributed by atoms with Gasteiger partial charge in [-0.05, 0) is 30.5 Å². The van der Waals surface area contributed by atoms with Crippen LogP contribution in [0.15, 0.2) is 64.2 Å². The van der Waals surface area contributed by atoms with E-state index in [1.807, 2.05) is 30.3 Å². The maximum atomic E-state index is 12.8. The minimum absolute atomic E-state index is 0.126. The van der Waals surface area contributed by atoms with E-state index in [0.717, 1.165) is 5.56 Å². The lowest BCUT2D eigenvalue weighted by molar-refractivity contribution is -0.131. The number of rotatable bonds is 5. The molecule has 1 aliphatic rings. The van der Waals surface area contributed by atoms with Crippen molar-refractivity contribution in [3.63, 3.8) is 0 Å². The zero-order valence-corrected chi connectivity index (χ0v) is 17.5. The molecule has 1 saturated heterocycles. The number of carbonyl (C=O) groups is 2. The predicted molar refractivity (Wildman–Crippen MR) is 118 cm³/mol. The Labute approximate surface area is 183 Å². The van der Waals surface area contributed by atoms with Crippen LogP contribution in [0.3, 0.4) is 0 Å². The Kier molecular flexibility index (Phi) is 6.34. The van der Waals surface area contributed by atoms with Crippen LogP contribution in [-0.4, -0.2) is 46.1 Å². The van der Waals surface area contributed by atoms with Crippen LogP contribution in [0.4, 0.5) is 4.79 Å². The number of alkyl carbamates (subject to hydrolysis) is 1. The lowest BCUT2D eigenvalue weighted by atomic mass is 10.0. The SMILES string of the molecule is O=C(NCC(=O)N1CCC(n2c(=O)[nH]c3ccccc3c2=O)CC1)OCc1ccccc1. The number of carbonyl (C=O) groups excluding carboxylic acids is 2. The minimum atomic E-state index is -0.661. The van der Waals surface area contributed by atoms with Crippen LogP contribution in [-0.2, 0) is 16.1 Å². The van der Waals surface area contributed by atoms with Gasteiger partial charge in [-0.2, -0.15) is 0 Å². The number of nitrogens with one attached hydrogen (secondary N) is 2. The average Bonchev–Trinajstić information content (AvgIpc) is 2.82. The minimum Gasteiger partial charge on any atom is -0.445 e. The highest BCUT2D eigenvalue weighted by molar-refractivity contribution is 5.82. The number of ether oxygens (including phenoxy) is 1. The van der Waals surface area contributed by atoms with Crippen LogP contribution in [0.1, 0.15) is 24.4 Å². The number of H-pyrrole nitrogens is 1. The first-order chi connectivity index (χ1) is 15.5. The number of likely N-dealkylation sites (tertiary alicyclic amines) is 1. The molecule has 0 aliphatic carbocycles. The number of hydrogen-bond acceptors (Lipinski definition) is 5. The van der Waals surface area contributed by atoms with E-state index in [-0.39, 0.29) is 30.7 Å². The Bertz CT molecular complexity index is 1230. The number of nitrogens with zero attached hydrogens (tertiary/aromatic N) is 2. The summed E-state index contributed by atoms with van der Waals surface area (Å²) in [5.41, 5.74) is 0.602. The van der Waals surface area contributed by atoms with E-state index in [0.29, 0.717) is 36.8 Å². The van der Waals surface area contributed by atoms with Gasteiger partial charge in [0, 0.05) is 19.1 Å². The molecule has 2 heterocycles. The van der Waals surface area contributed by atoms with Gasteiger partial charge in [0.15, 0.2) is 0 Å². The lowest BCUT2D eigenvalue weighted by Crippen LogP contribution is -2.47. The average molecular weight is 436 g/mol. The molecule has 3 aromatic rings. The van der Waals surface area contributed by atoms with Crippen LogP contribution >= 0.6 is 0 Å². The van der Waals surface area contributed by atoms with Crippen molar-refractivity contribution >= 4 is 22.9 Å². The molecule has 9 heteroatoms. The van der Waals surface area contributed by atoms with Crippen molar-refractivity contribution in [2.24, 2.45) is 0 Å². The Balaban J connectivity index is 1.30. The standard InChI is InChI=1S/C23H24N4O5/c28-20(14-24-23(31)32-15-16-6-2-1-3-7-16)26-12-10-17(11-13-26)27-21(29)18-8-4-5-9-19(18)25-22(27)30/h1-9,17H,10-15H2,(H,24,31)(H,25,30). The molecule has 0 atom stereocenters. The first kappa shape index (κ1) is 21.4. The molecule has 2 amide bonds. The Morgan fingerprint density at radius 2 is 1.69 bits per heavy atom. The molecular formula is C23H24N4O5. The molecule has 2 aromatic carbocycles. The maximum Gasteiger partial charge on any atom is 0.407 e. The summed E-state index contributed by atoms with van der Waals surface area (Å²) in [6, 6.07) is 15.9. The molecule has 32 heavy (non-hydrogen) atoms. The van der Waals surface area contributed by atoms with Gasteiger partial charge < -0.3 is 19.9 Å². The molecule has 4 rings (SSSR count). The molecule has 166 valence electrons. The van der Waals surface area contributed by atoms with Crippen LogP contribution in [0.5, 0.6) is 0 Å². The molecule has 1 fully saturated rings. The predicted octanol–water partition coefficient (Wildman–Crippen LogP) is 1.78. The molecule has 9 nitrogen and oxygen atoms in total. The number of hydrogen-bond donors (Lipinski definition) is 2. The molecule has 1 aliphatic heterocycles. The summed E-state index contributed by atoms with van der Waals surface area (Å²) in [5.74, 6) is -0.236. The zero-order valence-electron chi connectivity index (χ0n) is 17.5. The van der Waals surface area contributed by atoms with Gasteiger partial charge in [0.05, 0.1) is 10.9 Å². The molecule has 0 saturated carbocycles. The smallest absolute Gasteiger partial charge is 0.407 e. The maximum absolute atomic E-state index is 12.8. The highest BCUT2D eigenvalue weighted by Crippen LogP contribution is 2.20. The van der Waals surface area contributed by atoms with Crippen LogP contribution < -0.4 is 16.6 Å². The van der Waals surface area contributed by atoms with Crippen molar-refractivity contribution < 1.29 is 14.3 Å². The first-order valence-electron chi connectivity index (χ1n) is 10.5. The van der Waals surface area contributed by atoms with Gasteiger partial charge in [-0.25, -0.2) is 9.59 Å². The second kappa shape index (κ2) is 9.51. The highest BCUT2D eigenvalue weighted by atomic mass is 16.5. The number of piperidine rings is 1. The summed E-state index contributed by atoms with van der Waals surface area (Å²) in [4.78, 5) is 53.9. The normalized spacial score (nSPS) is 14.3. The van der Waals surface area contributed by atoms with Crippen molar-refractivity contribution in [3.8, 4) is 0 Å². The lowest BCUT2D eigenvalue weighted by Gasteiger charge is -2.32. The van der Waals surface area contributed by atoms with Gasteiger partial charge in [0.25, 0.3) is 5.56 Å². The van der Waals surface area contributed by atoms with Crippen LogP contribution in [0.2, 0.25) is 0 Å². The third kappa shape index (κ3) is 4.72. The highest BCUT2D eigenvalue weighted by Gasteiger charge is 2.26. The molecule has 0 bridgehead atoms. The van der Waals surface area contributed by atoms with Crippen molar-refractivity contribution in [3.05, 3.63) is 81.0 Å². The summed E-state index contributed by atoms with van der Waals surface area (Å²) < 4.78 is 6.36. The van der Waals surface area contributed by atoms with E-state index < -0.39 is 11.8 Å². The fourth-order valence-corrected chi connectivity index (χ4v) is 3.91. The first-order valence-corrected chi connectivity index (χ1v) is 10.5. The summed E-state index contributed by atoms with van der Waals surface area (Å²) in [5, 5.41) is 2.93. The molecule has 0 unspecified atom stereocenters. The van der Waals surface area contributed by atoms with Gasteiger partial charge in [-0.3, -0.25) is 14.2 Å². The van der Waals surface area contributed by atoms with Crippen LogP contribution in [0.25, 0.3) is 10.9 Å². The number of amides is 2. The van der Waals surface area contributed by atoms with E-state index >= 15 is 0 Å². The zero-order chi connectivity index (χ0) is 22.5. The van der Waals surface area contributed by atoms with Crippen molar-refractivity contribution in [1.82, 2.24) is 19.8 Å². The van der Waals surface area contributed by atoms with Crippen LogP contribution in [0, 0.1) is 0 Å². The third-order valence-corrected chi connectivity index (χ3v) is 5.62. The van der Waals surface area contributed by atoms with E-state index in [4.69, 9.17) is 4.74 Å². The summed E-state index contributed by atoms with van der Waals surface area (Å²) in [7, 11) is 0. The van der Waals surface area contributed by atoms with Gasteiger partial charge in [-0.15, -0.1) is 0 Å². The van der Waals surface area contributed by atoms with E-state index in [1.54, 1.807) is 29.2 Å². The molecular weight excluding hydrogens is 412 g/mol. The fraction of sp³-hybridized carbons (Fsp3) is 0.304. The van der Waals surface area contributed by atoms with E-state index in [9.17, 15) is 19.2 Å². The summed E-state index contributed by atoms with van der Waals surface area (Å²) in [6.07, 6.45) is 0.295. The van der Waals surface area contributed by atoms with E-state index in [1.165, 1.54) is 4.57 Å². The van der Waals surface area contributed by atoms with Gasteiger partial charge in [0.1, 0.15) is 13.2 Å². The number of fused-ring (bicyclic) bond motifs is 1. The van der Waals surface area contributed by atoms with Crippen molar-refractivity contribution in [2.75, 3.05) is 19.6 Å². The summed E-state index contributed by atoms with van der Waals surface area (Å²) in [6.45, 7) is 0.738. The Hall–Kier alpha value is -3.88. The second-order valence-corrected chi connectivity index (χ2v) is 7.68. The van der Waals surface area contributed by atoms with Gasteiger partial charge >= 0.3 is 11.8 Å². The largest absolute Gasteiger partial charge is 0.445 e. The number of benzene rings is 2. The molecule has 1 aromatic heterocycles. The van der Waals surface area contributed by atoms with Gasteiger partial charge in [0.2, 0.25) is 5.91 Å². The fourth-order valence-electron chi connectivity index (χ4n) is 3.91. The molecule has 0 radical (unpaired) electrons. The van der Waals surface area contributed by atoms with E-state index in [2.05, 4.69) is 10.3 Å². The molecule has 0 spiro atoms. The molecule has 2 N–H and O–H groups in total. The Morgan fingerprint density at radius 3 is 2.44 bits per heavy atom. The number of aromatic nitrogens is 2. The monoisotopic (exact) mass is 436 g/mol. The van der Waals surface area contributed by atoms with Crippen molar-refractivity contribution in [2.45, 2.75) is 25.5 Å². The quantitative estimate of drug-likeness (QED) is 0.633. The summed E-state index contributed by atoms with van der Waals surface area (Å²) >= 11 is 0.